The van der Waals surface area contributed by atoms with Crippen LogP contribution in [0.25, 0.3) is 0 Å². The predicted octanol–water partition coefficient (Wildman–Crippen LogP) is 7.12. The van der Waals surface area contributed by atoms with E-state index in [9.17, 15) is 4.79 Å². The highest BCUT2D eigenvalue weighted by Gasteiger charge is 2.16. The van der Waals surface area contributed by atoms with Gasteiger partial charge in [0.15, 0.2) is 0 Å². The zero-order valence-corrected chi connectivity index (χ0v) is 17.6. The van der Waals surface area contributed by atoms with Crippen molar-refractivity contribution in [2.24, 2.45) is 0 Å². The van der Waals surface area contributed by atoms with Gasteiger partial charge in [0.1, 0.15) is 11.5 Å². The lowest BCUT2D eigenvalue weighted by Crippen LogP contribution is -2.09. The van der Waals surface area contributed by atoms with Crippen LogP contribution in [0.15, 0.2) is 48.5 Å². The molecule has 0 N–H and O–H groups in total. The summed E-state index contributed by atoms with van der Waals surface area (Å²) in [5.41, 5.74) is 1.88. The van der Waals surface area contributed by atoms with Crippen molar-refractivity contribution < 1.29 is 14.3 Å². The molecule has 1 saturated carbocycles. The number of hydrogen-bond donors (Lipinski definition) is 0. The second-order valence-corrected chi connectivity index (χ2v) is 7.89. The average molecular weight is 394 g/mol. The predicted molar refractivity (Wildman–Crippen MR) is 118 cm³/mol. The van der Waals surface area contributed by atoms with Crippen LogP contribution in [0.2, 0.25) is 0 Å². The Kier molecular flexibility index (Phi) is 8.60. The number of rotatable bonds is 10. The Morgan fingerprint density at radius 2 is 1.52 bits per heavy atom. The van der Waals surface area contributed by atoms with Gasteiger partial charge in [0.05, 0.1) is 12.2 Å². The van der Waals surface area contributed by atoms with Crippen molar-refractivity contribution in [1.29, 1.82) is 0 Å². The van der Waals surface area contributed by atoms with Crippen molar-refractivity contribution in [3.63, 3.8) is 0 Å². The molecule has 0 aliphatic heterocycles. The topological polar surface area (TPSA) is 35.5 Å². The molecule has 3 nitrogen and oxygen atoms in total. The minimum Gasteiger partial charge on any atom is -0.494 e. The fourth-order valence-corrected chi connectivity index (χ4v) is 3.82. The summed E-state index contributed by atoms with van der Waals surface area (Å²) in [6.45, 7) is 2.94. The molecule has 1 aliphatic rings. The molecule has 2 aromatic rings. The van der Waals surface area contributed by atoms with E-state index < -0.39 is 0 Å². The molecule has 1 radical (unpaired) electrons. The van der Waals surface area contributed by atoms with Gasteiger partial charge in [-0.3, -0.25) is 0 Å². The van der Waals surface area contributed by atoms with E-state index in [0.29, 0.717) is 17.2 Å². The number of benzene rings is 2. The van der Waals surface area contributed by atoms with E-state index in [1.165, 1.54) is 56.9 Å². The van der Waals surface area contributed by atoms with E-state index in [2.05, 4.69) is 25.5 Å². The highest BCUT2D eigenvalue weighted by Crippen LogP contribution is 2.32. The summed E-state index contributed by atoms with van der Waals surface area (Å²) in [6.07, 6.45) is 13.3. The van der Waals surface area contributed by atoms with Crippen molar-refractivity contribution in [2.45, 2.75) is 70.6 Å². The summed E-state index contributed by atoms with van der Waals surface area (Å²) >= 11 is 0. The van der Waals surface area contributed by atoms with Gasteiger partial charge in [0.25, 0.3) is 0 Å². The average Bonchev–Trinajstić information content (AvgIpc) is 2.78. The Morgan fingerprint density at radius 1 is 0.862 bits per heavy atom. The first-order valence-corrected chi connectivity index (χ1v) is 11.1. The molecular formula is C26H33O3. The highest BCUT2D eigenvalue weighted by molar-refractivity contribution is 5.91. The molecule has 0 atom stereocenters. The van der Waals surface area contributed by atoms with Gasteiger partial charge < -0.3 is 9.47 Å². The molecule has 155 valence electrons. The molecule has 3 rings (SSSR count). The van der Waals surface area contributed by atoms with Gasteiger partial charge in [0.2, 0.25) is 0 Å². The largest absolute Gasteiger partial charge is 0.494 e. The Labute approximate surface area is 175 Å². The van der Waals surface area contributed by atoms with Crippen LogP contribution in [0, 0.1) is 6.42 Å². The monoisotopic (exact) mass is 393 g/mol. The molecule has 0 heterocycles. The molecule has 1 aliphatic carbocycles. The highest BCUT2D eigenvalue weighted by atomic mass is 16.5. The zero-order chi connectivity index (χ0) is 20.3. The molecule has 0 unspecified atom stereocenters. The number of hydrogen-bond acceptors (Lipinski definition) is 3. The second-order valence-electron chi connectivity index (χ2n) is 7.89. The number of ether oxygens (including phenoxy) is 2. The fourth-order valence-electron chi connectivity index (χ4n) is 3.82. The van der Waals surface area contributed by atoms with Crippen molar-refractivity contribution in [2.75, 3.05) is 6.61 Å². The Balaban J connectivity index is 1.45. The van der Waals surface area contributed by atoms with Crippen LogP contribution in [-0.4, -0.2) is 12.6 Å². The van der Waals surface area contributed by atoms with Crippen molar-refractivity contribution in [1.82, 2.24) is 0 Å². The Bertz CT molecular complexity index is 728. The van der Waals surface area contributed by atoms with Gasteiger partial charge in [-0.05, 0) is 86.4 Å². The van der Waals surface area contributed by atoms with E-state index in [1.807, 2.05) is 24.3 Å². The van der Waals surface area contributed by atoms with Crippen molar-refractivity contribution in [3.05, 3.63) is 66.1 Å². The summed E-state index contributed by atoms with van der Waals surface area (Å²) in [4.78, 5) is 12.4. The molecule has 2 aromatic carbocycles. The molecule has 29 heavy (non-hydrogen) atoms. The lowest BCUT2D eigenvalue weighted by molar-refractivity contribution is 0.0734. The lowest BCUT2D eigenvalue weighted by Gasteiger charge is -2.21. The van der Waals surface area contributed by atoms with Gasteiger partial charge in [0, 0.05) is 0 Å². The normalized spacial score (nSPS) is 14.5. The van der Waals surface area contributed by atoms with E-state index in [4.69, 9.17) is 9.47 Å². The van der Waals surface area contributed by atoms with Crippen LogP contribution in [0.5, 0.6) is 11.5 Å². The third kappa shape index (κ3) is 6.92. The minimum atomic E-state index is -0.337. The number of unbranched alkanes of at least 4 members (excludes halogenated alkanes) is 4. The number of esters is 1. The molecule has 0 amide bonds. The van der Waals surface area contributed by atoms with E-state index in [1.54, 1.807) is 12.1 Å². The Hall–Kier alpha value is -2.29. The third-order valence-corrected chi connectivity index (χ3v) is 5.61. The number of carbonyl (C=O) groups excluding carboxylic acids is 1. The summed E-state index contributed by atoms with van der Waals surface area (Å²) in [5.74, 6) is 1.68. The summed E-state index contributed by atoms with van der Waals surface area (Å²) in [7, 11) is 0. The summed E-state index contributed by atoms with van der Waals surface area (Å²) in [6, 6.07) is 15.2. The maximum absolute atomic E-state index is 12.4. The third-order valence-electron chi connectivity index (χ3n) is 5.61. The molecule has 0 saturated heterocycles. The molecule has 3 heteroatoms. The zero-order valence-electron chi connectivity index (χ0n) is 17.6. The van der Waals surface area contributed by atoms with E-state index in [-0.39, 0.29) is 5.97 Å². The summed E-state index contributed by atoms with van der Waals surface area (Å²) < 4.78 is 11.3. The molecule has 0 aromatic heterocycles. The first kappa shape index (κ1) is 21.4. The van der Waals surface area contributed by atoms with Gasteiger partial charge in [-0.25, -0.2) is 4.79 Å². The van der Waals surface area contributed by atoms with Crippen LogP contribution in [-0.2, 0) is 0 Å². The van der Waals surface area contributed by atoms with Crippen LogP contribution >= 0.6 is 0 Å². The minimum absolute atomic E-state index is 0.337. The van der Waals surface area contributed by atoms with E-state index in [0.717, 1.165) is 18.8 Å². The quantitative estimate of drug-likeness (QED) is 0.245. The van der Waals surface area contributed by atoms with Crippen LogP contribution in [0.3, 0.4) is 0 Å². The Morgan fingerprint density at radius 3 is 2.21 bits per heavy atom. The van der Waals surface area contributed by atoms with Crippen LogP contribution in [0.1, 0.15) is 86.6 Å². The molecular weight excluding hydrogens is 360 g/mol. The molecule has 0 bridgehead atoms. The standard InChI is InChI=1S/C26H33O3/c1-2-3-4-5-9-20-28-24-16-14-23(15-17-24)26(27)29-25-18-12-22(13-19-25)21-10-7-6-8-11-21/h6,12-19,21H,2-5,7-11,20H2,1H3. The first-order valence-electron chi connectivity index (χ1n) is 11.1. The summed E-state index contributed by atoms with van der Waals surface area (Å²) in [5, 5.41) is 0. The SMILES string of the molecule is CCCCCCCOc1ccc(C(=O)Oc2ccc(C3CC[CH]CC3)cc2)cc1. The van der Waals surface area contributed by atoms with Gasteiger partial charge in [-0.2, -0.15) is 0 Å². The fraction of sp³-hybridized carbons (Fsp3) is 0.462. The van der Waals surface area contributed by atoms with Crippen molar-refractivity contribution >= 4 is 5.97 Å². The van der Waals surface area contributed by atoms with E-state index >= 15 is 0 Å². The van der Waals surface area contributed by atoms with Gasteiger partial charge in [-0.1, -0.05) is 44.7 Å². The van der Waals surface area contributed by atoms with Gasteiger partial charge in [-0.15, -0.1) is 0 Å². The lowest BCUT2D eigenvalue weighted by atomic mass is 9.84. The van der Waals surface area contributed by atoms with Crippen molar-refractivity contribution in [3.8, 4) is 11.5 Å². The molecule has 0 spiro atoms. The molecule has 1 fully saturated rings. The smallest absolute Gasteiger partial charge is 0.343 e. The van der Waals surface area contributed by atoms with Crippen LogP contribution < -0.4 is 9.47 Å². The maximum atomic E-state index is 12.4. The van der Waals surface area contributed by atoms with Crippen LogP contribution in [0.4, 0.5) is 0 Å². The van der Waals surface area contributed by atoms with Gasteiger partial charge >= 0.3 is 5.97 Å². The second kappa shape index (κ2) is 11.6. The maximum Gasteiger partial charge on any atom is 0.343 e. The first-order chi connectivity index (χ1) is 14.3. The number of carbonyl (C=O) groups is 1.